The van der Waals surface area contributed by atoms with Crippen LogP contribution < -0.4 is 10.1 Å². The molecule has 0 radical (unpaired) electrons. The number of fused-ring (bicyclic) bond motifs is 2. The van der Waals surface area contributed by atoms with Crippen molar-refractivity contribution in [3.05, 3.63) is 90.4 Å². The van der Waals surface area contributed by atoms with Gasteiger partial charge >= 0.3 is 0 Å². The fraction of sp³-hybridized carbons (Fsp3) is 0.0714. The number of amides is 1. The molecule has 37 heavy (non-hydrogen) atoms. The van der Waals surface area contributed by atoms with Crippen molar-refractivity contribution >= 4 is 28.0 Å². The van der Waals surface area contributed by atoms with Gasteiger partial charge in [0, 0.05) is 17.3 Å². The quantitative estimate of drug-likeness (QED) is 0.265. The number of hydrogen-bond donors (Lipinski definition) is 4. The van der Waals surface area contributed by atoms with Gasteiger partial charge in [0.15, 0.2) is 0 Å². The molecule has 0 saturated carbocycles. The average Bonchev–Trinajstić information content (AvgIpc) is 3.55. The van der Waals surface area contributed by atoms with E-state index < -0.39 is 0 Å². The summed E-state index contributed by atoms with van der Waals surface area (Å²) < 4.78 is 5.38. The number of aromatic amines is 2. The molecule has 0 aliphatic heterocycles. The van der Waals surface area contributed by atoms with Gasteiger partial charge in [-0.1, -0.05) is 18.2 Å². The standard InChI is InChI=1S/C28H22N6O3/c1-37-28-18(5-4-12-29-28)16-9-11-24(35)19(13-16)26-33-22-10-8-17(14-23(22)34-26)27(36)30-15-25-31-20-6-2-3-7-21(20)32-25/h2-14,35H,15H2,1H3,(H,30,36)(H,31,32)(H,33,34). The molecule has 4 N–H and O–H groups in total. The molecule has 0 aliphatic rings. The Morgan fingerprint density at radius 3 is 2.65 bits per heavy atom. The number of phenols is 1. The van der Waals surface area contributed by atoms with Crippen molar-refractivity contribution < 1.29 is 14.6 Å². The van der Waals surface area contributed by atoms with Crippen LogP contribution in [-0.2, 0) is 6.54 Å². The number of aromatic nitrogens is 5. The molecule has 182 valence electrons. The molecular formula is C28H22N6O3. The third kappa shape index (κ3) is 4.23. The molecular weight excluding hydrogens is 468 g/mol. The third-order valence-electron chi connectivity index (χ3n) is 6.13. The molecule has 0 unspecified atom stereocenters. The predicted molar refractivity (Wildman–Crippen MR) is 140 cm³/mol. The van der Waals surface area contributed by atoms with Crippen LogP contribution in [0.3, 0.4) is 0 Å². The molecule has 0 saturated heterocycles. The number of H-pyrrole nitrogens is 2. The first-order valence-corrected chi connectivity index (χ1v) is 11.6. The van der Waals surface area contributed by atoms with E-state index in [2.05, 4.69) is 30.2 Å². The Bertz CT molecular complexity index is 1740. The number of nitrogens with one attached hydrogen (secondary N) is 3. The summed E-state index contributed by atoms with van der Waals surface area (Å²) in [5, 5.41) is 13.5. The fourth-order valence-corrected chi connectivity index (χ4v) is 4.30. The van der Waals surface area contributed by atoms with E-state index in [0.29, 0.717) is 39.7 Å². The van der Waals surface area contributed by atoms with Gasteiger partial charge in [-0.05, 0) is 60.2 Å². The van der Waals surface area contributed by atoms with E-state index >= 15 is 0 Å². The number of para-hydroxylation sites is 2. The molecule has 9 heteroatoms. The average molecular weight is 491 g/mol. The number of carbonyl (C=O) groups excluding carboxylic acids is 1. The van der Waals surface area contributed by atoms with E-state index in [0.717, 1.165) is 22.2 Å². The van der Waals surface area contributed by atoms with Crippen molar-refractivity contribution in [2.75, 3.05) is 7.11 Å². The molecule has 0 aliphatic carbocycles. The molecule has 6 rings (SSSR count). The first-order chi connectivity index (χ1) is 18.1. The highest BCUT2D eigenvalue weighted by Crippen LogP contribution is 2.35. The Balaban J connectivity index is 1.26. The maximum absolute atomic E-state index is 12.8. The maximum Gasteiger partial charge on any atom is 0.251 e. The van der Waals surface area contributed by atoms with Crippen LogP contribution in [0.2, 0.25) is 0 Å². The molecule has 3 aromatic heterocycles. The van der Waals surface area contributed by atoms with Gasteiger partial charge in [-0.25, -0.2) is 15.0 Å². The van der Waals surface area contributed by atoms with E-state index in [9.17, 15) is 9.90 Å². The number of rotatable bonds is 6. The summed E-state index contributed by atoms with van der Waals surface area (Å²) in [7, 11) is 1.57. The summed E-state index contributed by atoms with van der Waals surface area (Å²) in [5.41, 5.74) is 5.75. The van der Waals surface area contributed by atoms with Crippen LogP contribution >= 0.6 is 0 Å². The minimum absolute atomic E-state index is 0.0782. The predicted octanol–water partition coefficient (Wildman–Crippen LogP) is 4.81. The molecule has 6 aromatic rings. The lowest BCUT2D eigenvalue weighted by Crippen LogP contribution is -2.23. The van der Waals surface area contributed by atoms with Gasteiger partial charge in [0.05, 0.1) is 41.3 Å². The number of aromatic hydroxyl groups is 1. The summed E-state index contributed by atoms with van der Waals surface area (Å²) in [6, 6.07) is 21.9. The molecule has 0 bridgehead atoms. The number of pyridine rings is 1. The number of nitrogens with zero attached hydrogens (tertiary/aromatic N) is 3. The molecule has 0 atom stereocenters. The highest BCUT2D eigenvalue weighted by Gasteiger charge is 2.15. The van der Waals surface area contributed by atoms with Gasteiger partial charge in [-0.2, -0.15) is 0 Å². The van der Waals surface area contributed by atoms with Gasteiger partial charge in [-0.3, -0.25) is 4.79 Å². The Morgan fingerprint density at radius 1 is 0.919 bits per heavy atom. The molecule has 3 aromatic carbocycles. The third-order valence-corrected chi connectivity index (χ3v) is 6.13. The van der Waals surface area contributed by atoms with Crippen molar-refractivity contribution in [3.63, 3.8) is 0 Å². The second-order valence-corrected chi connectivity index (χ2v) is 8.49. The minimum Gasteiger partial charge on any atom is -0.507 e. The fourth-order valence-electron chi connectivity index (χ4n) is 4.30. The maximum atomic E-state index is 12.8. The summed E-state index contributed by atoms with van der Waals surface area (Å²) in [6.45, 7) is 0.276. The highest BCUT2D eigenvalue weighted by atomic mass is 16.5. The second-order valence-electron chi connectivity index (χ2n) is 8.49. The van der Waals surface area contributed by atoms with Crippen molar-refractivity contribution in [2.24, 2.45) is 0 Å². The van der Waals surface area contributed by atoms with Gasteiger partial charge < -0.3 is 25.1 Å². The largest absolute Gasteiger partial charge is 0.507 e. The Kier molecular flexibility index (Phi) is 5.49. The van der Waals surface area contributed by atoms with E-state index in [-0.39, 0.29) is 18.2 Å². The van der Waals surface area contributed by atoms with E-state index in [1.165, 1.54) is 0 Å². The van der Waals surface area contributed by atoms with Crippen molar-refractivity contribution in [1.82, 2.24) is 30.2 Å². The lowest BCUT2D eigenvalue weighted by atomic mass is 10.0. The topological polar surface area (TPSA) is 129 Å². The SMILES string of the molecule is COc1ncccc1-c1ccc(O)c(-c2nc3ccc(C(=O)NCc4nc5ccccc5[nH]4)cc3[nH]2)c1. The number of hydrogen-bond acceptors (Lipinski definition) is 6. The number of ether oxygens (including phenoxy) is 1. The monoisotopic (exact) mass is 490 g/mol. The molecule has 9 nitrogen and oxygen atoms in total. The van der Waals surface area contributed by atoms with Gasteiger partial charge in [0.1, 0.15) is 17.4 Å². The highest BCUT2D eigenvalue weighted by molar-refractivity contribution is 5.97. The smallest absolute Gasteiger partial charge is 0.251 e. The van der Waals surface area contributed by atoms with E-state index in [1.807, 2.05) is 42.5 Å². The van der Waals surface area contributed by atoms with Gasteiger partial charge in [0.2, 0.25) is 5.88 Å². The number of benzene rings is 3. The van der Waals surface area contributed by atoms with Crippen LogP contribution in [0.15, 0.2) is 79.0 Å². The van der Waals surface area contributed by atoms with Crippen LogP contribution in [0.1, 0.15) is 16.2 Å². The summed E-state index contributed by atoms with van der Waals surface area (Å²) in [6.07, 6.45) is 1.66. The van der Waals surface area contributed by atoms with Crippen LogP contribution in [0, 0.1) is 0 Å². The zero-order valence-corrected chi connectivity index (χ0v) is 19.8. The number of imidazole rings is 2. The van der Waals surface area contributed by atoms with Crippen LogP contribution in [0.25, 0.3) is 44.6 Å². The van der Waals surface area contributed by atoms with Crippen molar-refractivity contribution in [2.45, 2.75) is 6.54 Å². The second kappa shape index (κ2) is 9.12. The van der Waals surface area contributed by atoms with Crippen molar-refractivity contribution in [1.29, 1.82) is 0 Å². The number of phenolic OH excluding ortho intramolecular Hbond substituents is 1. The van der Waals surface area contributed by atoms with Crippen LogP contribution in [-0.4, -0.2) is 43.0 Å². The van der Waals surface area contributed by atoms with Crippen LogP contribution in [0.5, 0.6) is 11.6 Å². The Hall–Kier alpha value is -5.18. The zero-order valence-electron chi connectivity index (χ0n) is 19.8. The number of carbonyl (C=O) groups is 1. The first kappa shape index (κ1) is 22.3. The van der Waals surface area contributed by atoms with Gasteiger partial charge in [0.25, 0.3) is 5.91 Å². The lowest BCUT2D eigenvalue weighted by Gasteiger charge is -2.09. The zero-order chi connectivity index (χ0) is 25.4. The summed E-state index contributed by atoms with van der Waals surface area (Å²) in [4.78, 5) is 32.6. The molecule has 3 heterocycles. The summed E-state index contributed by atoms with van der Waals surface area (Å²) in [5.74, 6) is 1.50. The van der Waals surface area contributed by atoms with Crippen LogP contribution in [0.4, 0.5) is 0 Å². The molecule has 1 amide bonds. The van der Waals surface area contributed by atoms with Gasteiger partial charge in [-0.15, -0.1) is 0 Å². The molecule has 0 fully saturated rings. The Labute approximate surface area is 211 Å². The molecule has 0 spiro atoms. The summed E-state index contributed by atoms with van der Waals surface area (Å²) >= 11 is 0. The number of methoxy groups -OCH3 is 1. The minimum atomic E-state index is -0.230. The lowest BCUT2D eigenvalue weighted by molar-refractivity contribution is 0.0950. The first-order valence-electron chi connectivity index (χ1n) is 11.6. The van der Waals surface area contributed by atoms with Crippen molar-refractivity contribution in [3.8, 4) is 34.1 Å². The Morgan fingerprint density at radius 2 is 1.78 bits per heavy atom. The van der Waals surface area contributed by atoms with E-state index in [1.54, 1.807) is 43.6 Å². The normalized spacial score (nSPS) is 11.2. The van der Waals surface area contributed by atoms with E-state index in [4.69, 9.17) is 4.74 Å².